The zero-order valence-electron chi connectivity index (χ0n) is 18.6. The number of rotatable bonds is 3. The Morgan fingerprint density at radius 3 is 2.83 bits per heavy atom. The van der Waals surface area contributed by atoms with Gasteiger partial charge in [0.05, 0.1) is 37.4 Å². The van der Waals surface area contributed by atoms with E-state index in [9.17, 15) is 28.3 Å². The maximum atomic E-state index is 14.2. The highest BCUT2D eigenvalue weighted by Gasteiger charge is 2.50. The van der Waals surface area contributed by atoms with Crippen molar-refractivity contribution in [1.29, 1.82) is 0 Å². The van der Waals surface area contributed by atoms with Gasteiger partial charge in [-0.1, -0.05) is 17.7 Å². The molecular weight excluding hydrogens is 488 g/mol. The van der Waals surface area contributed by atoms with Crippen molar-refractivity contribution in [3.05, 3.63) is 62.0 Å². The SMILES string of the molecule is C[C@@H]1CO[C@H]2CCOC[C@H]3C2N1C(=O)c1c(O)c(=O)c(C(=O)NCc2ccc(F)c(Cl)c2F)cn13. The van der Waals surface area contributed by atoms with Crippen LogP contribution in [0.25, 0.3) is 0 Å². The van der Waals surface area contributed by atoms with E-state index in [0.29, 0.717) is 19.6 Å². The predicted molar refractivity (Wildman–Crippen MR) is 119 cm³/mol. The van der Waals surface area contributed by atoms with Crippen molar-refractivity contribution in [2.45, 2.75) is 44.1 Å². The summed E-state index contributed by atoms with van der Waals surface area (Å²) in [5.41, 5.74) is -1.79. The van der Waals surface area contributed by atoms with E-state index in [4.69, 9.17) is 21.1 Å². The second-order valence-corrected chi connectivity index (χ2v) is 9.23. The smallest absolute Gasteiger partial charge is 0.275 e. The third kappa shape index (κ3) is 3.78. The lowest BCUT2D eigenvalue weighted by molar-refractivity contribution is -0.101. The summed E-state index contributed by atoms with van der Waals surface area (Å²) in [6, 6.07) is 0.876. The molecule has 5 rings (SSSR count). The van der Waals surface area contributed by atoms with Gasteiger partial charge in [0.1, 0.15) is 22.2 Å². The van der Waals surface area contributed by atoms with Gasteiger partial charge in [-0.2, -0.15) is 0 Å². The number of hydrogen-bond acceptors (Lipinski definition) is 6. The van der Waals surface area contributed by atoms with E-state index in [1.54, 1.807) is 4.90 Å². The van der Waals surface area contributed by atoms with Crippen molar-refractivity contribution in [2.75, 3.05) is 19.8 Å². The molecule has 1 unspecified atom stereocenters. The van der Waals surface area contributed by atoms with Gasteiger partial charge in [-0.3, -0.25) is 14.4 Å². The third-order valence-electron chi connectivity index (χ3n) is 6.76. The fourth-order valence-electron chi connectivity index (χ4n) is 5.03. The van der Waals surface area contributed by atoms with Crippen LogP contribution < -0.4 is 10.7 Å². The van der Waals surface area contributed by atoms with Gasteiger partial charge < -0.3 is 29.4 Å². The highest BCUT2D eigenvalue weighted by atomic mass is 35.5. The first-order chi connectivity index (χ1) is 16.7. The van der Waals surface area contributed by atoms with Crippen LogP contribution in [0.5, 0.6) is 5.75 Å². The van der Waals surface area contributed by atoms with Crippen LogP contribution in [0.1, 0.15) is 45.8 Å². The number of aromatic nitrogens is 1. The zero-order valence-corrected chi connectivity index (χ0v) is 19.3. The van der Waals surface area contributed by atoms with E-state index in [-0.39, 0.29) is 36.6 Å². The minimum Gasteiger partial charge on any atom is -0.503 e. The van der Waals surface area contributed by atoms with Gasteiger partial charge in [0.15, 0.2) is 11.4 Å². The van der Waals surface area contributed by atoms with Gasteiger partial charge in [-0.05, 0) is 19.4 Å². The van der Waals surface area contributed by atoms with Crippen LogP contribution in [0.2, 0.25) is 5.02 Å². The van der Waals surface area contributed by atoms with Crippen molar-refractivity contribution < 1.29 is 33.0 Å². The van der Waals surface area contributed by atoms with E-state index in [1.807, 2.05) is 6.92 Å². The summed E-state index contributed by atoms with van der Waals surface area (Å²) in [7, 11) is 0. The Hall–Kier alpha value is -3.02. The lowest BCUT2D eigenvalue weighted by Gasteiger charge is -2.50. The number of carbonyl (C=O) groups is 2. The van der Waals surface area contributed by atoms with E-state index in [2.05, 4.69) is 5.32 Å². The summed E-state index contributed by atoms with van der Waals surface area (Å²) in [6.07, 6.45) is 1.48. The van der Waals surface area contributed by atoms with E-state index in [1.165, 1.54) is 10.8 Å². The lowest BCUT2D eigenvalue weighted by atomic mass is 9.91. The minimum atomic E-state index is -1.04. The minimum absolute atomic E-state index is 0.0915. The molecule has 2 saturated heterocycles. The number of nitrogens with zero attached hydrogens (tertiary/aromatic N) is 2. The summed E-state index contributed by atoms with van der Waals surface area (Å²) >= 11 is 5.58. The van der Waals surface area contributed by atoms with Crippen LogP contribution in [0.3, 0.4) is 0 Å². The number of nitrogens with one attached hydrogen (secondary N) is 1. The zero-order chi connectivity index (χ0) is 25.0. The first-order valence-corrected chi connectivity index (χ1v) is 11.5. The standard InChI is InChI=1S/C23H22ClF2N3O6/c1-10-8-35-15-4-5-34-9-14-18(15)29(10)23(33)19-21(31)20(30)12(7-28(14)19)22(32)27-6-11-2-3-13(25)16(24)17(11)26/h2-3,7,10,14-15,18,31H,4-6,8-9H2,1H3,(H,27,32)/t10-,14+,15+,18?/m1/s1. The van der Waals surface area contributed by atoms with Crippen LogP contribution in [0.4, 0.5) is 8.78 Å². The third-order valence-corrected chi connectivity index (χ3v) is 7.11. The summed E-state index contributed by atoms with van der Waals surface area (Å²) in [5, 5.41) is 12.4. The van der Waals surface area contributed by atoms with Crippen LogP contribution >= 0.6 is 11.6 Å². The molecule has 2 fully saturated rings. The predicted octanol–water partition coefficient (Wildman–Crippen LogP) is 1.99. The summed E-state index contributed by atoms with van der Waals surface area (Å²) < 4.78 is 40.7. The Balaban J connectivity index is 1.52. The topological polar surface area (TPSA) is 110 Å². The number of benzene rings is 1. The number of fused-ring (bicyclic) bond motifs is 2. The molecule has 2 N–H and O–H groups in total. The fourth-order valence-corrected chi connectivity index (χ4v) is 5.22. The molecule has 186 valence electrons. The molecule has 3 aliphatic heterocycles. The molecule has 35 heavy (non-hydrogen) atoms. The molecule has 12 heteroatoms. The molecule has 0 spiro atoms. The first-order valence-electron chi connectivity index (χ1n) is 11.1. The second kappa shape index (κ2) is 8.89. The Labute approximate surface area is 203 Å². The Morgan fingerprint density at radius 2 is 2.06 bits per heavy atom. The summed E-state index contributed by atoms with van der Waals surface area (Å²) in [4.78, 5) is 40.8. The number of amides is 2. The highest BCUT2D eigenvalue weighted by molar-refractivity contribution is 6.30. The molecule has 0 radical (unpaired) electrons. The number of carbonyl (C=O) groups excluding carboxylic acids is 2. The number of pyridine rings is 1. The summed E-state index contributed by atoms with van der Waals surface area (Å²) in [5.74, 6) is -4.26. The number of morpholine rings is 1. The molecule has 0 bridgehead atoms. The van der Waals surface area contributed by atoms with Gasteiger partial charge in [0.2, 0.25) is 5.43 Å². The van der Waals surface area contributed by atoms with Crippen molar-refractivity contribution in [3.63, 3.8) is 0 Å². The molecule has 0 aliphatic carbocycles. The second-order valence-electron chi connectivity index (χ2n) is 8.85. The van der Waals surface area contributed by atoms with Gasteiger partial charge in [0.25, 0.3) is 11.8 Å². The number of halogens is 3. The molecule has 2 amide bonds. The van der Waals surface area contributed by atoms with Crippen LogP contribution in [-0.4, -0.2) is 64.4 Å². The van der Waals surface area contributed by atoms with Crippen molar-refractivity contribution in [2.24, 2.45) is 0 Å². The average Bonchev–Trinajstić information content (AvgIpc) is 3.05. The molecule has 4 atom stereocenters. The highest BCUT2D eigenvalue weighted by Crippen LogP contribution is 2.39. The maximum Gasteiger partial charge on any atom is 0.275 e. The maximum absolute atomic E-state index is 14.2. The molecule has 9 nitrogen and oxygen atoms in total. The molecule has 3 aliphatic rings. The van der Waals surface area contributed by atoms with Crippen molar-refractivity contribution >= 4 is 23.4 Å². The van der Waals surface area contributed by atoms with Gasteiger partial charge in [-0.15, -0.1) is 0 Å². The molecule has 2 aromatic rings. The molecular formula is C23H22ClF2N3O6. The van der Waals surface area contributed by atoms with Gasteiger partial charge in [0, 0.05) is 24.9 Å². The van der Waals surface area contributed by atoms with Crippen molar-refractivity contribution in [1.82, 2.24) is 14.8 Å². The quantitative estimate of drug-likeness (QED) is 0.612. The molecule has 0 saturated carbocycles. The molecule has 1 aromatic heterocycles. The largest absolute Gasteiger partial charge is 0.503 e. The van der Waals surface area contributed by atoms with Gasteiger partial charge >= 0.3 is 0 Å². The van der Waals surface area contributed by atoms with Crippen molar-refractivity contribution in [3.8, 4) is 5.75 Å². The van der Waals surface area contributed by atoms with E-state index >= 15 is 0 Å². The Kier molecular flexibility index (Phi) is 6.02. The first kappa shape index (κ1) is 23.7. The summed E-state index contributed by atoms with van der Waals surface area (Å²) in [6.45, 7) is 2.34. The Morgan fingerprint density at radius 1 is 1.29 bits per heavy atom. The van der Waals surface area contributed by atoms with Crippen LogP contribution in [0, 0.1) is 11.6 Å². The fraction of sp³-hybridized carbons (Fsp3) is 0.435. The van der Waals surface area contributed by atoms with Crippen LogP contribution in [-0.2, 0) is 16.0 Å². The number of aromatic hydroxyl groups is 1. The normalized spacial score (nSPS) is 25.5. The molecule has 4 heterocycles. The van der Waals surface area contributed by atoms with Gasteiger partial charge in [-0.25, -0.2) is 8.78 Å². The average molecular weight is 510 g/mol. The Bertz CT molecular complexity index is 1280. The number of ether oxygens (including phenoxy) is 2. The van der Waals surface area contributed by atoms with E-state index in [0.717, 1.165) is 12.1 Å². The number of hydrogen-bond donors (Lipinski definition) is 2. The van der Waals surface area contributed by atoms with Crippen LogP contribution in [0.15, 0.2) is 23.1 Å². The van der Waals surface area contributed by atoms with E-state index < -0.39 is 57.3 Å². The lowest BCUT2D eigenvalue weighted by Crippen LogP contribution is -2.64. The molecule has 1 aromatic carbocycles. The monoisotopic (exact) mass is 509 g/mol.